The summed E-state index contributed by atoms with van der Waals surface area (Å²) in [6.45, 7) is 9.09. The molecule has 0 fully saturated rings. The van der Waals surface area contributed by atoms with Crippen LogP contribution in [-0.2, 0) is 16.8 Å². The predicted octanol–water partition coefficient (Wildman–Crippen LogP) is 2.65. The van der Waals surface area contributed by atoms with E-state index in [1.54, 1.807) is 13.1 Å². The second kappa shape index (κ2) is 6.94. The van der Waals surface area contributed by atoms with Crippen molar-refractivity contribution in [3.63, 3.8) is 0 Å². The minimum Gasteiger partial charge on any atom is -0.508 e. The van der Waals surface area contributed by atoms with Crippen molar-refractivity contribution in [1.29, 1.82) is 0 Å². The fourth-order valence-electron chi connectivity index (χ4n) is 2.13. The Morgan fingerprint density at radius 2 is 2.00 bits per heavy atom. The molecule has 1 aromatic rings. The van der Waals surface area contributed by atoms with Gasteiger partial charge in [-0.1, -0.05) is 32.9 Å². The number of rotatable bonds is 5. The molecule has 2 N–H and O–H groups in total. The van der Waals surface area contributed by atoms with E-state index in [0.29, 0.717) is 18.7 Å². The maximum Gasteiger partial charge on any atom is 0.221 e. The molecule has 118 valence electrons. The molecule has 0 unspecified atom stereocenters. The van der Waals surface area contributed by atoms with E-state index < -0.39 is 0 Å². The summed E-state index contributed by atoms with van der Waals surface area (Å²) in [5, 5.41) is 12.7. The zero-order valence-electron chi connectivity index (χ0n) is 14.0. The summed E-state index contributed by atoms with van der Waals surface area (Å²) in [5.41, 5.74) is 2.14. The van der Waals surface area contributed by atoms with Crippen LogP contribution in [0.2, 0.25) is 0 Å². The van der Waals surface area contributed by atoms with Crippen LogP contribution in [0.5, 0.6) is 5.75 Å². The number of carbonyl (C=O) groups is 1. The van der Waals surface area contributed by atoms with Crippen molar-refractivity contribution in [2.24, 2.45) is 0 Å². The van der Waals surface area contributed by atoms with E-state index in [1.807, 2.05) is 20.0 Å². The Morgan fingerprint density at radius 3 is 2.52 bits per heavy atom. The van der Waals surface area contributed by atoms with Gasteiger partial charge in [0.05, 0.1) is 0 Å². The van der Waals surface area contributed by atoms with Gasteiger partial charge in [0.2, 0.25) is 5.91 Å². The Balaban J connectivity index is 2.84. The summed E-state index contributed by atoms with van der Waals surface area (Å²) >= 11 is 0. The molecule has 0 bridgehead atoms. The normalized spacial score (nSPS) is 13.3. The van der Waals surface area contributed by atoms with Crippen molar-refractivity contribution in [2.45, 2.75) is 52.1 Å². The molecule has 0 spiro atoms. The summed E-state index contributed by atoms with van der Waals surface area (Å²) < 4.78 is 0. The van der Waals surface area contributed by atoms with Crippen LogP contribution >= 0.6 is 0 Å². The lowest BCUT2D eigenvalue weighted by Gasteiger charge is -2.26. The Morgan fingerprint density at radius 1 is 1.38 bits per heavy atom. The third-order valence-corrected chi connectivity index (χ3v) is 3.88. The number of aromatic hydroxyl groups is 1. The summed E-state index contributed by atoms with van der Waals surface area (Å²) in [6.07, 6.45) is 0.451. The van der Waals surface area contributed by atoms with Crippen LogP contribution in [0, 0.1) is 0 Å². The highest BCUT2D eigenvalue weighted by atomic mass is 16.3. The molecule has 0 aliphatic heterocycles. The molecule has 1 amide bonds. The lowest BCUT2D eigenvalue weighted by Crippen LogP contribution is -2.33. The topological polar surface area (TPSA) is 52.6 Å². The summed E-state index contributed by atoms with van der Waals surface area (Å²) in [5.74, 6) is 0.337. The molecule has 4 nitrogen and oxygen atoms in total. The first-order valence-corrected chi connectivity index (χ1v) is 7.38. The maximum absolute atomic E-state index is 11.4. The molecule has 0 heterocycles. The molecular formula is C17H28N2O2. The lowest BCUT2D eigenvalue weighted by molar-refractivity contribution is -0.121. The highest BCUT2D eigenvalue weighted by molar-refractivity contribution is 5.76. The third kappa shape index (κ3) is 5.05. The van der Waals surface area contributed by atoms with Gasteiger partial charge in [-0.25, -0.2) is 0 Å². The van der Waals surface area contributed by atoms with E-state index in [2.05, 4.69) is 37.1 Å². The Hall–Kier alpha value is -1.55. The summed E-state index contributed by atoms with van der Waals surface area (Å²) in [4.78, 5) is 13.5. The van der Waals surface area contributed by atoms with E-state index in [1.165, 1.54) is 5.56 Å². The smallest absolute Gasteiger partial charge is 0.221 e. The van der Waals surface area contributed by atoms with Crippen LogP contribution in [0.15, 0.2) is 18.2 Å². The lowest BCUT2D eigenvalue weighted by atomic mass is 9.86. The van der Waals surface area contributed by atoms with E-state index in [-0.39, 0.29) is 17.4 Å². The number of nitrogens with zero attached hydrogens (tertiary/aromatic N) is 1. The minimum absolute atomic E-state index is 0.0296. The summed E-state index contributed by atoms with van der Waals surface area (Å²) in [6, 6.07) is 5.89. The molecule has 1 atom stereocenters. The SMILES string of the molecule is CNC(=O)C[C@H](C)N(C)Cc1cc(C(C)(C)C)ccc1O. The minimum atomic E-state index is 0.0296. The average Bonchev–Trinajstić information content (AvgIpc) is 2.39. The first kappa shape index (κ1) is 17.5. The monoisotopic (exact) mass is 292 g/mol. The van der Waals surface area contributed by atoms with Gasteiger partial charge in [-0.3, -0.25) is 9.69 Å². The largest absolute Gasteiger partial charge is 0.508 e. The molecular weight excluding hydrogens is 264 g/mol. The van der Waals surface area contributed by atoms with Crippen LogP contribution in [-0.4, -0.2) is 36.1 Å². The standard InChI is InChI=1S/C17H28N2O2/c1-12(9-16(21)18-5)19(6)11-13-10-14(17(2,3)4)7-8-15(13)20/h7-8,10,12,20H,9,11H2,1-6H3,(H,18,21)/t12-/m0/s1. The van der Waals surface area contributed by atoms with Crippen molar-refractivity contribution in [3.8, 4) is 5.75 Å². The van der Waals surface area contributed by atoms with Gasteiger partial charge < -0.3 is 10.4 Å². The first-order chi connectivity index (χ1) is 9.65. The fourth-order valence-corrected chi connectivity index (χ4v) is 2.13. The van der Waals surface area contributed by atoms with Crippen LogP contribution in [0.3, 0.4) is 0 Å². The van der Waals surface area contributed by atoms with Crippen molar-refractivity contribution in [2.75, 3.05) is 14.1 Å². The Kier molecular flexibility index (Phi) is 5.78. The second-order valence-electron chi connectivity index (χ2n) is 6.73. The van der Waals surface area contributed by atoms with Crippen LogP contribution in [0.25, 0.3) is 0 Å². The van der Waals surface area contributed by atoms with Crippen molar-refractivity contribution in [1.82, 2.24) is 10.2 Å². The number of phenolic OH excluding ortho intramolecular Hbond substituents is 1. The van der Waals surface area contributed by atoms with E-state index >= 15 is 0 Å². The van der Waals surface area contributed by atoms with Gasteiger partial charge in [-0.2, -0.15) is 0 Å². The van der Waals surface area contributed by atoms with Gasteiger partial charge in [-0.15, -0.1) is 0 Å². The molecule has 21 heavy (non-hydrogen) atoms. The van der Waals surface area contributed by atoms with Crippen molar-refractivity contribution >= 4 is 5.91 Å². The van der Waals surface area contributed by atoms with Crippen LogP contribution < -0.4 is 5.32 Å². The molecule has 0 saturated heterocycles. The van der Waals surface area contributed by atoms with Crippen molar-refractivity contribution in [3.05, 3.63) is 29.3 Å². The second-order valence-corrected chi connectivity index (χ2v) is 6.73. The van der Waals surface area contributed by atoms with Crippen LogP contribution in [0.1, 0.15) is 45.2 Å². The van der Waals surface area contributed by atoms with Gasteiger partial charge in [0.15, 0.2) is 0 Å². The number of hydrogen-bond acceptors (Lipinski definition) is 3. The molecule has 0 aliphatic carbocycles. The highest BCUT2D eigenvalue weighted by Gasteiger charge is 2.18. The van der Waals surface area contributed by atoms with E-state index in [0.717, 1.165) is 5.56 Å². The van der Waals surface area contributed by atoms with Crippen molar-refractivity contribution < 1.29 is 9.90 Å². The Bertz CT molecular complexity index is 492. The zero-order chi connectivity index (χ0) is 16.2. The molecule has 0 saturated carbocycles. The maximum atomic E-state index is 11.4. The van der Waals surface area contributed by atoms with Gasteiger partial charge in [0.1, 0.15) is 5.75 Å². The van der Waals surface area contributed by atoms with E-state index in [4.69, 9.17) is 0 Å². The fraction of sp³-hybridized carbons (Fsp3) is 0.588. The van der Waals surface area contributed by atoms with Gasteiger partial charge in [0, 0.05) is 31.6 Å². The molecule has 1 rings (SSSR count). The molecule has 4 heteroatoms. The third-order valence-electron chi connectivity index (χ3n) is 3.88. The molecule has 0 aliphatic rings. The van der Waals surface area contributed by atoms with E-state index in [9.17, 15) is 9.90 Å². The number of amides is 1. The molecule has 0 radical (unpaired) electrons. The number of carbonyl (C=O) groups excluding carboxylic acids is 1. The van der Waals surface area contributed by atoms with Gasteiger partial charge in [0.25, 0.3) is 0 Å². The van der Waals surface area contributed by atoms with Gasteiger partial charge in [-0.05, 0) is 31.0 Å². The number of benzene rings is 1. The summed E-state index contributed by atoms with van der Waals surface area (Å²) in [7, 11) is 3.62. The Labute approximate surface area is 128 Å². The first-order valence-electron chi connectivity index (χ1n) is 7.38. The predicted molar refractivity (Wildman–Crippen MR) is 86.4 cm³/mol. The average molecular weight is 292 g/mol. The number of phenols is 1. The quantitative estimate of drug-likeness (QED) is 0.877. The van der Waals surface area contributed by atoms with Gasteiger partial charge >= 0.3 is 0 Å². The molecule has 1 aromatic carbocycles. The highest BCUT2D eigenvalue weighted by Crippen LogP contribution is 2.28. The number of hydrogen-bond donors (Lipinski definition) is 2. The number of nitrogens with one attached hydrogen (secondary N) is 1. The molecule has 0 aromatic heterocycles. The zero-order valence-corrected chi connectivity index (χ0v) is 14.0. The van der Waals surface area contributed by atoms with Crippen LogP contribution in [0.4, 0.5) is 0 Å².